The highest BCUT2D eigenvalue weighted by Gasteiger charge is 2.86. The summed E-state index contributed by atoms with van der Waals surface area (Å²) in [6.45, 7) is 2.60. The van der Waals surface area contributed by atoms with E-state index in [1.165, 1.54) is 34.7 Å². The number of anilines is 1. The van der Waals surface area contributed by atoms with E-state index in [1.807, 2.05) is 0 Å². The van der Waals surface area contributed by atoms with Crippen LogP contribution in [-0.4, -0.2) is 34.4 Å². The zero-order chi connectivity index (χ0) is 29.9. The van der Waals surface area contributed by atoms with Gasteiger partial charge in [0, 0.05) is 10.6 Å². The molecule has 2 aliphatic rings. The maximum absolute atomic E-state index is 16.0. The van der Waals surface area contributed by atoms with Crippen molar-refractivity contribution in [2.24, 2.45) is 0 Å². The third kappa shape index (κ3) is 3.64. The van der Waals surface area contributed by atoms with Crippen LogP contribution in [0.4, 0.5) is 18.9 Å². The molecule has 0 aliphatic carbocycles. The highest BCUT2D eigenvalue weighted by Crippen LogP contribution is 2.67. The number of esters is 1. The van der Waals surface area contributed by atoms with E-state index in [0.717, 1.165) is 0 Å². The molecule has 0 bridgehead atoms. The van der Waals surface area contributed by atoms with Gasteiger partial charge in [-0.25, -0.2) is 4.68 Å². The number of para-hydroxylation sites is 1. The van der Waals surface area contributed by atoms with Gasteiger partial charge in [-0.15, -0.1) is 0 Å². The van der Waals surface area contributed by atoms with E-state index in [0.29, 0.717) is 11.3 Å². The number of benzene rings is 3. The zero-order valence-corrected chi connectivity index (χ0v) is 23.4. The molecule has 0 unspecified atom stereocenters. The first-order valence-electron chi connectivity index (χ1n) is 13.4. The summed E-state index contributed by atoms with van der Waals surface area (Å²) in [5.74, 6) is -3.07. The van der Waals surface area contributed by atoms with Gasteiger partial charge in [-0.05, 0) is 49.2 Å². The quantitative estimate of drug-likeness (QED) is 0.245. The number of halogens is 4. The van der Waals surface area contributed by atoms with E-state index in [9.17, 15) is 9.59 Å². The first kappa shape index (κ1) is 27.8. The number of aromatic nitrogens is 2. The molecule has 216 valence electrons. The minimum Gasteiger partial charge on any atom is -0.465 e. The van der Waals surface area contributed by atoms with Gasteiger partial charge in [0.25, 0.3) is 5.91 Å². The van der Waals surface area contributed by atoms with Gasteiger partial charge < -0.3 is 14.4 Å². The lowest BCUT2D eigenvalue weighted by Gasteiger charge is -2.40. The van der Waals surface area contributed by atoms with Crippen LogP contribution in [-0.2, 0) is 38.3 Å². The van der Waals surface area contributed by atoms with Crippen LogP contribution < -0.4 is 9.64 Å². The lowest BCUT2D eigenvalue weighted by molar-refractivity contribution is -0.237. The second kappa shape index (κ2) is 9.90. The second-order valence-electron chi connectivity index (χ2n) is 10.0. The number of hydrogen-bond donors (Lipinski definition) is 0. The lowest BCUT2D eigenvalue weighted by Crippen LogP contribution is -2.66. The van der Waals surface area contributed by atoms with Gasteiger partial charge in [0.15, 0.2) is 0 Å². The molecule has 11 heteroatoms. The Morgan fingerprint density at radius 3 is 2.31 bits per heavy atom. The summed E-state index contributed by atoms with van der Waals surface area (Å²) < 4.78 is 60.7. The number of carbonyl (C=O) groups excluding carboxylic acids is 2. The van der Waals surface area contributed by atoms with Gasteiger partial charge in [0.1, 0.15) is 0 Å². The lowest BCUT2D eigenvalue weighted by atomic mass is 9.65. The van der Waals surface area contributed by atoms with Crippen molar-refractivity contribution in [3.05, 3.63) is 106 Å². The van der Waals surface area contributed by atoms with E-state index >= 15 is 13.2 Å². The minimum atomic E-state index is -5.36. The zero-order valence-electron chi connectivity index (χ0n) is 22.6. The minimum absolute atomic E-state index is 0.0170. The maximum atomic E-state index is 16.0. The van der Waals surface area contributed by atoms with Gasteiger partial charge in [0.05, 0.1) is 35.8 Å². The Morgan fingerprint density at radius 2 is 1.69 bits per heavy atom. The third-order valence-electron chi connectivity index (χ3n) is 7.77. The van der Waals surface area contributed by atoms with Crippen LogP contribution >= 0.6 is 11.6 Å². The monoisotopic (exact) mass is 595 g/mol. The normalized spacial score (nSPS) is 20.9. The van der Waals surface area contributed by atoms with Crippen LogP contribution in [0, 0.1) is 0 Å². The number of amides is 1. The Balaban J connectivity index is 1.72. The summed E-state index contributed by atoms with van der Waals surface area (Å²) in [5.41, 5.74) is -6.07. The largest absolute Gasteiger partial charge is 0.465 e. The Labute approximate surface area is 244 Å². The molecule has 2 aliphatic heterocycles. The molecule has 42 heavy (non-hydrogen) atoms. The molecule has 3 aromatic carbocycles. The molecule has 1 amide bonds. The Hall–Kier alpha value is -4.31. The maximum Gasteiger partial charge on any atom is 0.414 e. The SMILES string of the molecule is CCOC(=O)[C@@]1(C(F)(F)F)c2c(CC)nn(-c3ccccc3)c2O[C@@]12C(=O)N(Cc1ccccc1)c1ccc(Cl)cc12. The molecule has 0 radical (unpaired) electrons. The number of aryl methyl sites for hydroxylation is 1. The Kier molecular flexibility index (Phi) is 6.57. The van der Waals surface area contributed by atoms with Crippen molar-refractivity contribution >= 4 is 29.2 Å². The smallest absolute Gasteiger partial charge is 0.414 e. The van der Waals surface area contributed by atoms with Crippen molar-refractivity contribution in [2.45, 2.75) is 44.0 Å². The number of ether oxygens (including phenoxy) is 2. The van der Waals surface area contributed by atoms with Crippen LogP contribution in [0.5, 0.6) is 5.88 Å². The molecule has 0 N–H and O–H groups in total. The number of carbonyl (C=O) groups is 2. The van der Waals surface area contributed by atoms with Gasteiger partial charge >= 0.3 is 12.1 Å². The fraction of sp³-hybridized carbons (Fsp3) is 0.258. The molecule has 6 rings (SSSR count). The molecule has 4 aromatic rings. The number of alkyl halides is 3. The summed E-state index contributed by atoms with van der Waals surface area (Å²) >= 11 is 6.36. The number of hydrogen-bond acceptors (Lipinski definition) is 5. The predicted octanol–water partition coefficient (Wildman–Crippen LogP) is 6.29. The average molecular weight is 596 g/mol. The predicted molar refractivity (Wildman–Crippen MR) is 149 cm³/mol. The van der Waals surface area contributed by atoms with Crippen molar-refractivity contribution in [1.82, 2.24) is 9.78 Å². The van der Waals surface area contributed by atoms with E-state index in [-0.39, 0.29) is 47.4 Å². The average Bonchev–Trinajstić information content (AvgIpc) is 3.57. The fourth-order valence-electron chi connectivity index (χ4n) is 6.07. The van der Waals surface area contributed by atoms with E-state index in [1.54, 1.807) is 67.6 Å². The molecule has 0 saturated carbocycles. The summed E-state index contributed by atoms with van der Waals surface area (Å²) in [6, 6.07) is 21.4. The molecular formula is C31H25ClF3N3O4. The summed E-state index contributed by atoms with van der Waals surface area (Å²) in [5, 5.41) is 4.52. The van der Waals surface area contributed by atoms with Crippen molar-refractivity contribution in [3.8, 4) is 11.6 Å². The number of fused-ring (bicyclic) bond motifs is 3. The van der Waals surface area contributed by atoms with Crippen molar-refractivity contribution < 1.29 is 32.2 Å². The van der Waals surface area contributed by atoms with Gasteiger partial charge in [-0.1, -0.05) is 67.1 Å². The molecule has 0 saturated heterocycles. The highest BCUT2D eigenvalue weighted by molar-refractivity contribution is 6.31. The summed E-state index contributed by atoms with van der Waals surface area (Å²) in [7, 11) is 0. The fourth-order valence-corrected chi connectivity index (χ4v) is 6.24. The van der Waals surface area contributed by atoms with Gasteiger partial charge in [0.2, 0.25) is 16.9 Å². The van der Waals surface area contributed by atoms with Gasteiger partial charge in [-0.3, -0.25) is 9.59 Å². The van der Waals surface area contributed by atoms with Crippen LogP contribution in [0.25, 0.3) is 5.69 Å². The number of rotatable bonds is 6. The van der Waals surface area contributed by atoms with Crippen LogP contribution in [0.3, 0.4) is 0 Å². The molecule has 7 nitrogen and oxygen atoms in total. The Bertz CT molecular complexity index is 1690. The standard InChI is InChI=1S/C31H25ClF3N3O4/c1-3-23-25-26(38(36-23)21-13-9-6-10-14-21)42-30(29(25,31(33,34)35)28(40)41-4-2)22-17-20(32)15-16-24(22)37(27(30)39)18-19-11-7-5-8-12-19/h5-17H,3-4,18H2,1-2H3/t29-,30-/m0/s1. The molecule has 1 spiro atoms. The van der Waals surface area contributed by atoms with Gasteiger partial charge in [-0.2, -0.15) is 18.3 Å². The van der Waals surface area contributed by atoms with Crippen molar-refractivity contribution in [3.63, 3.8) is 0 Å². The summed E-state index contributed by atoms with van der Waals surface area (Å²) in [4.78, 5) is 29.9. The van der Waals surface area contributed by atoms with Crippen molar-refractivity contribution in [1.29, 1.82) is 0 Å². The molecular weight excluding hydrogens is 571 g/mol. The van der Waals surface area contributed by atoms with E-state index in [2.05, 4.69) is 5.10 Å². The molecule has 3 heterocycles. The first-order valence-corrected chi connectivity index (χ1v) is 13.8. The third-order valence-corrected chi connectivity index (χ3v) is 8.00. The van der Waals surface area contributed by atoms with E-state index < -0.39 is 34.6 Å². The van der Waals surface area contributed by atoms with Crippen LogP contribution in [0.2, 0.25) is 5.02 Å². The number of nitrogens with zero attached hydrogens (tertiary/aromatic N) is 3. The van der Waals surface area contributed by atoms with E-state index in [4.69, 9.17) is 21.1 Å². The Morgan fingerprint density at radius 1 is 1.02 bits per heavy atom. The second-order valence-corrected chi connectivity index (χ2v) is 10.5. The molecule has 0 fully saturated rings. The highest BCUT2D eigenvalue weighted by atomic mass is 35.5. The first-order chi connectivity index (χ1) is 20.1. The van der Waals surface area contributed by atoms with Crippen LogP contribution in [0.15, 0.2) is 78.9 Å². The van der Waals surface area contributed by atoms with Crippen molar-refractivity contribution in [2.75, 3.05) is 11.5 Å². The molecule has 1 aromatic heterocycles. The molecule has 2 atom stereocenters. The van der Waals surface area contributed by atoms with Crippen LogP contribution in [0.1, 0.15) is 36.2 Å². The topological polar surface area (TPSA) is 73.7 Å². The summed E-state index contributed by atoms with van der Waals surface area (Å²) in [6.07, 6.45) is -5.35.